The van der Waals surface area contributed by atoms with Crippen LogP contribution in [0.1, 0.15) is 19.4 Å². The topological polar surface area (TPSA) is 42.0 Å². The molecule has 1 aliphatic rings. The van der Waals surface area contributed by atoms with Crippen LogP contribution in [0.3, 0.4) is 0 Å². The van der Waals surface area contributed by atoms with Crippen molar-refractivity contribution in [1.82, 2.24) is 9.80 Å². The number of nitrogens with zero attached hydrogens (tertiary/aromatic N) is 2. The van der Waals surface area contributed by atoms with Crippen molar-refractivity contribution in [3.8, 4) is 5.75 Å². The molecular formula is C27H34N2O3. The van der Waals surface area contributed by atoms with Crippen molar-refractivity contribution in [2.24, 2.45) is 0 Å². The molecule has 0 amide bonds. The first-order chi connectivity index (χ1) is 15.6. The summed E-state index contributed by atoms with van der Waals surface area (Å²) >= 11 is 0. The van der Waals surface area contributed by atoms with E-state index < -0.39 is 0 Å². The molecule has 2 aromatic carbocycles. The Hall–Kier alpha value is -2.89. The van der Waals surface area contributed by atoms with Crippen LogP contribution in [0.4, 0.5) is 0 Å². The first-order valence-corrected chi connectivity index (χ1v) is 11.2. The Kier molecular flexibility index (Phi) is 9.08. The maximum Gasteiger partial charge on any atom is 0.343 e. The predicted octanol–water partition coefficient (Wildman–Crippen LogP) is 4.59. The minimum absolute atomic E-state index is 0.0800. The fraction of sp³-hybridized carbons (Fsp3) is 0.370. The average Bonchev–Trinajstić information content (AvgIpc) is 2.83. The van der Waals surface area contributed by atoms with Gasteiger partial charge in [0.2, 0.25) is 0 Å². The Bertz CT molecular complexity index is 986. The molecular weight excluding hydrogens is 400 g/mol. The van der Waals surface area contributed by atoms with Gasteiger partial charge in [-0.1, -0.05) is 60.7 Å². The van der Waals surface area contributed by atoms with Crippen molar-refractivity contribution in [3.63, 3.8) is 0 Å². The smallest absolute Gasteiger partial charge is 0.343 e. The van der Waals surface area contributed by atoms with Gasteiger partial charge in [-0.05, 0) is 36.3 Å². The van der Waals surface area contributed by atoms with Crippen LogP contribution in [0.25, 0.3) is 10.8 Å². The summed E-state index contributed by atoms with van der Waals surface area (Å²) in [7, 11) is 1.38. The number of fused-ring (bicyclic) bond motifs is 1. The number of rotatable bonds is 9. The van der Waals surface area contributed by atoms with E-state index >= 15 is 0 Å². The molecule has 5 heteroatoms. The van der Waals surface area contributed by atoms with Gasteiger partial charge in [0.1, 0.15) is 5.75 Å². The maximum atomic E-state index is 11.6. The highest BCUT2D eigenvalue weighted by Crippen LogP contribution is 2.30. The van der Waals surface area contributed by atoms with Crippen LogP contribution in [0.15, 0.2) is 72.4 Å². The number of carbonyl (C=O) groups is 1. The molecule has 0 unspecified atom stereocenters. The summed E-state index contributed by atoms with van der Waals surface area (Å²) in [4.78, 5) is 16.5. The molecule has 1 saturated heterocycles. The maximum absolute atomic E-state index is 11.6. The van der Waals surface area contributed by atoms with E-state index in [-0.39, 0.29) is 12.6 Å². The minimum atomic E-state index is -0.374. The Morgan fingerprint density at radius 1 is 1.00 bits per heavy atom. The summed E-state index contributed by atoms with van der Waals surface area (Å²) in [5.41, 5.74) is 2.37. The van der Waals surface area contributed by atoms with E-state index in [9.17, 15) is 4.79 Å². The van der Waals surface area contributed by atoms with Gasteiger partial charge in [0, 0.05) is 44.8 Å². The zero-order chi connectivity index (χ0) is 22.8. The lowest BCUT2D eigenvalue weighted by Crippen LogP contribution is -2.45. The van der Waals surface area contributed by atoms with E-state index in [1.165, 1.54) is 23.5 Å². The van der Waals surface area contributed by atoms with Gasteiger partial charge < -0.3 is 9.47 Å². The average molecular weight is 435 g/mol. The predicted molar refractivity (Wildman–Crippen MR) is 131 cm³/mol. The number of benzene rings is 2. The van der Waals surface area contributed by atoms with Gasteiger partial charge in [0.05, 0.1) is 7.11 Å². The van der Waals surface area contributed by atoms with Crippen LogP contribution in [-0.2, 0) is 16.1 Å². The lowest BCUT2D eigenvalue weighted by atomic mass is 10.0. The molecule has 5 nitrogen and oxygen atoms in total. The molecule has 0 bridgehead atoms. The third kappa shape index (κ3) is 6.55. The highest BCUT2D eigenvalue weighted by atomic mass is 16.6. The number of methoxy groups -OCH3 is 1. The Balaban J connectivity index is 1.64. The van der Waals surface area contributed by atoms with Crippen molar-refractivity contribution < 1.29 is 14.3 Å². The second-order valence-corrected chi connectivity index (χ2v) is 7.90. The van der Waals surface area contributed by atoms with Crippen molar-refractivity contribution in [3.05, 3.63) is 77.9 Å². The highest BCUT2D eigenvalue weighted by Gasteiger charge is 2.19. The number of ether oxygens (including phenoxy) is 2. The molecule has 2 aromatic rings. The molecule has 170 valence electrons. The van der Waals surface area contributed by atoms with E-state index in [4.69, 9.17) is 9.47 Å². The third-order valence-electron chi connectivity index (χ3n) is 5.78. The monoisotopic (exact) mass is 434 g/mol. The summed E-state index contributed by atoms with van der Waals surface area (Å²) in [6.07, 6.45) is 10.7. The molecule has 0 aliphatic carbocycles. The first kappa shape index (κ1) is 23.8. The summed E-state index contributed by atoms with van der Waals surface area (Å²) in [5, 5.41) is 2.35. The first-order valence-electron chi connectivity index (χ1n) is 11.2. The van der Waals surface area contributed by atoms with E-state index in [0.29, 0.717) is 0 Å². The molecule has 0 spiro atoms. The van der Waals surface area contributed by atoms with Gasteiger partial charge in [-0.3, -0.25) is 9.80 Å². The standard InChI is InChI=1S/C27H34N2O3/c1-4-9-22(5-2)10-8-15-28-16-18-29(19-17-28)20-25-24-12-7-6-11-23(24)13-14-26(25)32-21-27(30)31-3/h4-14H,15-21H2,1-3H3/b9-4-,10-8+,22-5+. The van der Waals surface area contributed by atoms with Crippen LogP contribution in [0, 0.1) is 0 Å². The van der Waals surface area contributed by atoms with Gasteiger partial charge in [0.25, 0.3) is 0 Å². The van der Waals surface area contributed by atoms with Crippen molar-refractivity contribution in [2.75, 3.05) is 46.4 Å². The lowest BCUT2D eigenvalue weighted by Gasteiger charge is -2.34. The fourth-order valence-corrected chi connectivity index (χ4v) is 3.94. The zero-order valence-electron chi connectivity index (χ0n) is 19.4. The van der Waals surface area contributed by atoms with Crippen LogP contribution >= 0.6 is 0 Å². The molecule has 1 aliphatic heterocycles. The van der Waals surface area contributed by atoms with Crippen molar-refractivity contribution in [2.45, 2.75) is 20.4 Å². The molecule has 0 aromatic heterocycles. The molecule has 0 radical (unpaired) electrons. The fourth-order valence-electron chi connectivity index (χ4n) is 3.94. The summed E-state index contributed by atoms with van der Waals surface area (Å²) in [6, 6.07) is 12.3. The number of carbonyl (C=O) groups excluding carboxylic acids is 1. The van der Waals surface area contributed by atoms with Crippen molar-refractivity contribution in [1.29, 1.82) is 0 Å². The lowest BCUT2D eigenvalue weighted by molar-refractivity contribution is -0.142. The number of piperazine rings is 1. The summed E-state index contributed by atoms with van der Waals surface area (Å²) in [5.74, 6) is 0.378. The Morgan fingerprint density at radius 3 is 2.47 bits per heavy atom. The molecule has 0 atom stereocenters. The van der Waals surface area contributed by atoms with Gasteiger partial charge in [0.15, 0.2) is 6.61 Å². The zero-order valence-corrected chi connectivity index (χ0v) is 19.4. The SMILES string of the molecule is C\C=C/C(/C=C/CN1CCN(Cc2c(OCC(=O)OC)ccc3ccccc23)CC1)=C\C. The van der Waals surface area contributed by atoms with Crippen LogP contribution < -0.4 is 4.74 Å². The molecule has 1 heterocycles. The number of esters is 1. The molecule has 1 fully saturated rings. The third-order valence-corrected chi connectivity index (χ3v) is 5.78. The van der Waals surface area contributed by atoms with Crippen molar-refractivity contribution >= 4 is 16.7 Å². The normalized spacial score (nSPS) is 16.3. The van der Waals surface area contributed by atoms with Gasteiger partial charge in [-0.15, -0.1) is 0 Å². The second-order valence-electron chi connectivity index (χ2n) is 7.90. The van der Waals surface area contributed by atoms with Crippen LogP contribution in [0.2, 0.25) is 0 Å². The number of allylic oxidation sites excluding steroid dienone is 5. The number of hydrogen-bond donors (Lipinski definition) is 0. The summed E-state index contributed by atoms with van der Waals surface area (Å²) in [6.45, 7) is 9.84. The second kappa shape index (κ2) is 12.2. The van der Waals surface area contributed by atoms with Crippen LogP contribution in [-0.4, -0.2) is 62.2 Å². The van der Waals surface area contributed by atoms with Crippen LogP contribution in [0.5, 0.6) is 5.75 Å². The molecule has 0 saturated carbocycles. The number of hydrogen-bond acceptors (Lipinski definition) is 5. The minimum Gasteiger partial charge on any atom is -0.482 e. The molecule has 3 rings (SSSR count). The Morgan fingerprint density at radius 2 is 1.75 bits per heavy atom. The van der Waals surface area contributed by atoms with E-state index in [0.717, 1.165) is 50.6 Å². The van der Waals surface area contributed by atoms with Gasteiger partial charge in [-0.2, -0.15) is 0 Å². The largest absolute Gasteiger partial charge is 0.482 e. The summed E-state index contributed by atoms with van der Waals surface area (Å²) < 4.78 is 10.6. The van der Waals surface area contributed by atoms with E-state index in [2.05, 4.69) is 59.2 Å². The highest BCUT2D eigenvalue weighted by molar-refractivity contribution is 5.87. The van der Waals surface area contributed by atoms with E-state index in [1.54, 1.807) is 0 Å². The molecule has 0 N–H and O–H groups in total. The quantitative estimate of drug-likeness (QED) is 0.427. The molecule has 32 heavy (non-hydrogen) atoms. The van der Waals surface area contributed by atoms with Gasteiger partial charge in [-0.25, -0.2) is 4.79 Å². The Labute approximate surface area is 191 Å². The van der Waals surface area contributed by atoms with E-state index in [1.807, 2.05) is 31.2 Å². The van der Waals surface area contributed by atoms with Gasteiger partial charge >= 0.3 is 5.97 Å².